The molecule has 5 heteroatoms. The van der Waals surface area contributed by atoms with Crippen molar-refractivity contribution in [1.29, 1.82) is 0 Å². The van der Waals surface area contributed by atoms with Crippen LogP contribution in [-0.2, 0) is 0 Å². The van der Waals surface area contributed by atoms with Crippen molar-refractivity contribution in [3.05, 3.63) is 27.3 Å². The molecule has 4 nitrogen and oxygen atoms in total. The summed E-state index contributed by atoms with van der Waals surface area (Å²) < 4.78 is 0.735. The third kappa shape index (κ3) is 3.34. The number of carbonyl (C=O) groups is 1. The third-order valence-electron chi connectivity index (χ3n) is 2.24. The van der Waals surface area contributed by atoms with E-state index in [-0.39, 0.29) is 11.7 Å². The van der Waals surface area contributed by atoms with Crippen LogP contribution in [-0.4, -0.2) is 36.1 Å². The Labute approximate surface area is 109 Å². The van der Waals surface area contributed by atoms with Gasteiger partial charge in [-0.25, -0.2) is 0 Å². The SMILES string of the molecule is CN(CCCN)C(=O)c1ccc(I)c(O)c1. The largest absolute Gasteiger partial charge is 0.507 e. The summed E-state index contributed by atoms with van der Waals surface area (Å²) in [6, 6.07) is 4.92. The van der Waals surface area contributed by atoms with Crippen LogP contribution in [0.15, 0.2) is 18.2 Å². The van der Waals surface area contributed by atoms with Gasteiger partial charge in [0.05, 0.1) is 3.57 Å². The van der Waals surface area contributed by atoms with Crippen molar-refractivity contribution < 1.29 is 9.90 Å². The molecule has 1 rings (SSSR count). The maximum atomic E-state index is 11.9. The van der Waals surface area contributed by atoms with Crippen molar-refractivity contribution in [3.8, 4) is 5.75 Å². The molecular formula is C11H15IN2O2. The topological polar surface area (TPSA) is 66.6 Å². The normalized spacial score (nSPS) is 10.2. The van der Waals surface area contributed by atoms with Gasteiger partial charge in [0.25, 0.3) is 5.91 Å². The van der Waals surface area contributed by atoms with E-state index in [0.29, 0.717) is 18.7 Å². The second-order valence-electron chi connectivity index (χ2n) is 3.54. The Balaban J connectivity index is 2.76. The summed E-state index contributed by atoms with van der Waals surface area (Å²) in [7, 11) is 1.73. The zero-order valence-electron chi connectivity index (χ0n) is 9.11. The molecule has 0 fully saturated rings. The first kappa shape index (κ1) is 13.2. The van der Waals surface area contributed by atoms with Gasteiger partial charge in [0.1, 0.15) is 5.75 Å². The Kier molecular flexibility index (Phi) is 5.01. The van der Waals surface area contributed by atoms with Crippen LogP contribution in [0, 0.1) is 3.57 Å². The lowest BCUT2D eigenvalue weighted by Crippen LogP contribution is -2.28. The average Bonchev–Trinajstić information content (AvgIpc) is 2.28. The van der Waals surface area contributed by atoms with E-state index in [9.17, 15) is 9.90 Å². The van der Waals surface area contributed by atoms with Crippen LogP contribution in [0.3, 0.4) is 0 Å². The molecule has 0 saturated carbocycles. The first-order chi connectivity index (χ1) is 7.56. The monoisotopic (exact) mass is 334 g/mol. The lowest BCUT2D eigenvalue weighted by Gasteiger charge is -2.16. The number of rotatable bonds is 4. The van der Waals surface area contributed by atoms with Gasteiger partial charge in [0.2, 0.25) is 0 Å². The fourth-order valence-electron chi connectivity index (χ4n) is 1.30. The second kappa shape index (κ2) is 6.05. The third-order valence-corrected chi connectivity index (χ3v) is 3.15. The highest BCUT2D eigenvalue weighted by Gasteiger charge is 2.12. The summed E-state index contributed by atoms with van der Waals surface area (Å²) in [5, 5.41) is 9.51. The zero-order valence-corrected chi connectivity index (χ0v) is 11.3. The van der Waals surface area contributed by atoms with Crippen LogP contribution < -0.4 is 5.73 Å². The van der Waals surface area contributed by atoms with E-state index >= 15 is 0 Å². The predicted molar refractivity (Wildman–Crippen MR) is 71.5 cm³/mol. The number of aromatic hydroxyl groups is 1. The van der Waals surface area contributed by atoms with Gasteiger partial charge < -0.3 is 15.7 Å². The van der Waals surface area contributed by atoms with E-state index in [1.807, 2.05) is 22.6 Å². The number of benzene rings is 1. The minimum Gasteiger partial charge on any atom is -0.507 e. The Morgan fingerprint density at radius 1 is 1.56 bits per heavy atom. The molecule has 0 heterocycles. The van der Waals surface area contributed by atoms with Crippen LogP contribution in [0.4, 0.5) is 0 Å². The van der Waals surface area contributed by atoms with Crippen LogP contribution in [0.5, 0.6) is 5.75 Å². The van der Waals surface area contributed by atoms with Crippen molar-refractivity contribution >= 4 is 28.5 Å². The Morgan fingerprint density at radius 3 is 2.81 bits per heavy atom. The van der Waals surface area contributed by atoms with Crippen molar-refractivity contribution in [2.75, 3.05) is 20.1 Å². The first-order valence-electron chi connectivity index (χ1n) is 5.00. The van der Waals surface area contributed by atoms with E-state index in [2.05, 4.69) is 0 Å². The van der Waals surface area contributed by atoms with Crippen LogP contribution in [0.1, 0.15) is 16.8 Å². The van der Waals surface area contributed by atoms with Crippen molar-refractivity contribution in [2.45, 2.75) is 6.42 Å². The molecule has 0 radical (unpaired) electrons. The summed E-state index contributed by atoms with van der Waals surface area (Å²) in [5.41, 5.74) is 5.88. The van der Waals surface area contributed by atoms with Gasteiger partial charge in [-0.05, 0) is 53.8 Å². The fourth-order valence-corrected chi connectivity index (χ4v) is 1.63. The number of hydrogen-bond donors (Lipinski definition) is 2. The van der Waals surface area contributed by atoms with Gasteiger partial charge in [-0.1, -0.05) is 0 Å². The molecule has 1 aromatic rings. The fraction of sp³-hybridized carbons (Fsp3) is 0.364. The molecule has 1 amide bonds. The molecule has 3 N–H and O–H groups in total. The van der Waals surface area contributed by atoms with Gasteiger partial charge in [-0.2, -0.15) is 0 Å². The van der Waals surface area contributed by atoms with Crippen LogP contribution in [0.25, 0.3) is 0 Å². The summed E-state index contributed by atoms with van der Waals surface area (Å²) in [5.74, 6) is 0.0406. The summed E-state index contributed by atoms with van der Waals surface area (Å²) in [6.45, 7) is 1.19. The number of halogens is 1. The van der Waals surface area contributed by atoms with Gasteiger partial charge >= 0.3 is 0 Å². The quantitative estimate of drug-likeness (QED) is 0.819. The molecule has 0 bridgehead atoms. The summed E-state index contributed by atoms with van der Waals surface area (Å²) in [6.07, 6.45) is 0.776. The van der Waals surface area contributed by atoms with Crippen molar-refractivity contribution in [1.82, 2.24) is 4.90 Å². The van der Waals surface area contributed by atoms with E-state index in [1.54, 1.807) is 24.1 Å². The predicted octanol–water partition coefficient (Wildman–Crippen LogP) is 1.42. The van der Waals surface area contributed by atoms with Gasteiger partial charge in [0.15, 0.2) is 0 Å². The molecule has 16 heavy (non-hydrogen) atoms. The smallest absolute Gasteiger partial charge is 0.253 e. The standard InChI is InChI=1S/C11H15IN2O2/c1-14(6-2-5-13)11(16)8-3-4-9(12)10(15)7-8/h3-4,7,15H,2,5-6,13H2,1H3. The molecule has 0 unspecified atom stereocenters. The van der Waals surface area contributed by atoms with E-state index in [4.69, 9.17) is 5.73 Å². The first-order valence-corrected chi connectivity index (χ1v) is 6.08. The van der Waals surface area contributed by atoms with Crippen LogP contribution >= 0.6 is 22.6 Å². The number of hydrogen-bond acceptors (Lipinski definition) is 3. The minimum absolute atomic E-state index is 0.0971. The minimum atomic E-state index is -0.0971. The lowest BCUT2D eigenvalue weighted by molar-refractivity contribution is 0.0794. The Morgan fingerprint density at radius 2 is 2.25 bits per heavy atom. The maximum Gasteiger partial charge on any atom is 0.253 e. The van der Waals surface area contributed by atoms with E-state index in [1.165, 1.54) is 6.07 Å². The second-order valence-corrected chi connectivity index (χ2v) is 4.70. The van der Waals surface area contributed by atoms with Gasteiger partial charge in [-0.3, -0.25) is 4.79 Å². The molecule has 0 aliphatic rings. The number of carbonyl (C=O) groups excluding carboxylic acids is 1. The molecule has 88 valence electrons. The number of nitrogens with two attached hydrogens (primary N) is 1. The molecule has 0 atom stereocenters. The number of phenols is 1. The molecular weight excluding hydrogens is 319 g/mol. The zero-order chi connectivity index (χ0) is 12.1. The van der Waals surface area contributed by atoms with Gasteiger partial charge in [-0.15, -0.1) is 0 Å². The van der Waals surface area contributed by atoms with E-state index in [0.717, 1.165) is 9.99 Å². The van der Waals surface area contributed by atoms with Crippen molar-refractivity contribution in [2.24, 2.45) is 5.73 Å². The maximum absolute atomic E-state index is 11.9. The summed E-state index contributed by atoms with van der Waals surface area (Å²) >= 11 is 2.01. The number of nitrogens with zero attached hydrogens (tertiary/aromatic N) is 1. The highest BCUT2D eigenvalue weighted by molar-refractivity contribution is 14.1. The molecule has 0 spiro atoms. The number of phenolic OH excluding ortho intramolecular Hbond substituents is 1. The average molecular weight is 334 g/mol. The molecule has 0 aromatic heterocycles. The Hall–Kier alpha value is -0.820. The van der Waals surface area contributed by atoms with Crippen molar-refractivity contribution in [3.63, 3.8) is 0 Å². The van der Waals surface area contributed by atoms with Gasteiger partial charge in [0, 0.05) is 19.2 Å². The molecule has 0 aliphatic heterocycles. The Bertz CT molecular complexity index is 382. The van der Waals surface area contributed by atoms with E-state index < -0.39 is 0 Å². The molecule has 1 aromatic carbocycles. The lowest BCUT2D eigenvalue weighted by atomic mass is 10.2. The highest BCUT2D eigenvalue weighted by atomic mass is 127. The summed E-state index contributed by atoms with van der Waals surface area (Å²) in [4.78, 5) is 13.5. The molecule has 0 saturated heterocycles. The highest BCUT2D eigenvalue weighted by Crippen LogP contribution is 2.21. The van der Waals surface area contributed by atoms with Crippen LogP contribution in [0.2, 0.25) is 0 Å². The molecule has 0 aliphatic carbocycles. The number of amides is 1.